The molecule has 3 aliphatic carbocycles. The van der Waals surface area contributed by atoms with E-state index in [0.717, 1.165) is 37.9 Å². The van der Waals surface area contributed by atoms with Crippen LogP contribution in [-0.4, -0.2) is 24.0 Å². The SMILES string of the molecule is COc1ccc2c(c1)CCC1C2CC[C@]2(C)C(=O)[C@H](CC(=O)O)CC12. The first kappa shape index (κ1) is 16.6. The number of carbonyl (C=O) groups is 2. The van der Waals surface area contributed by atoms with Crippen molar-refractivity contribution in [3.05, 3.63) is 29.3 Å². The molecule has 3 unspecified atom stereocenters. The van der Waals surface area contributed by atoms with Gasteiger partial charge in [0.1, 0.15) is 11.5 Å². The van der Waals surface area contributed by atoms with Crippen molar-refractivity contribution >= 4 is 11.8 Å². The highest BCUT2D eigenvalue weighted by molar-refractivity contribution is 5.92. The molecule has 134 valence electrons. The maximum Gasteiger partial charge on any atom is 0.304 e. The first-order valence-corrected chi connectivity index (χ1v) is 9.37. The molecular weight excluding hydrogens is 316 g/mol. The van der Waals surface area contributed by atoms with Crippen LogP contribution >= 0.6 is 0 Å². The fraction of sp³-hybridized carbons (Fsp3) is 0.619. The zero-order valence-electron chi connectivity index (χ0n) is 15.0. The maximum absolute atomic E-state index is 12.9. The van der Waals surface area contributed by atoms with Gasteiger partial charge in [-0.1, -0.05) is 13.0 Å². The molecule has 0 radical (unpaired) electrons. The molecule has 2 saturated carbocycles. The van der Waals surface area contributed by atoms with E-state index in [-0.39, 0.29) is 23.5 Å². The lowest BCUT2D eigenvalue weighted by atomic mass is 9.55. The highest BCUT2D eigenvalue weighted by Gasteiger charge is 2.58. The highest BCUT2D eigenvalue weighted by atomic mass is 16.5. The molecule has 25 heavy (non-hydrogen) atoms. The number of aryl methyl sites for hydroxylation is 1. The third kappa shape index (κ3) is 2.49. The van der Waals surface area contributed by atoms with Crippen LogP contribution < -0.4 is 4.74 Å². The molecule has 1 aromatic rings. The standard InChI is InChI=1S/C21H26O4/c1-21-8-7-16-15-6-4-14(25-2)9-12(15)3-5-17(16)18(21)10-13(20(21)24)11-19(22)23/h4,6,9,13,16-18H,3,5,7-8,10-11H2,1-2H3,(H,22,23)/t13-,16?,17?,18?,21-/m0/s1. The molecule has 0 heterocycles. The zero-order chi connectivity index (χ0) is 17.8. The Kier molecular flexibility index (Phi) is 3.89. The minimum Gasteiger partial charge on any atom is -0.497 e. The lowest BCUT2D eigenvalue weighted by Crippen LogP contribution is -2.42. The Balaban J connectivity index is 1.64. The summed E-state index contributed by atoms with van der Waals surface area (Å²) in [7, 11) is 1.70. The highest BCUT2D eigenvalue weighted by Crippen LogP contribution is 2.61. The van der Waals surface area contributed by atoms with E-state index < -0.39 is 5.97 Å². The minimum absolute atomic E-state index is 0.00387. The lowest BCUT2D eigenvalue weighted by Gasteiger charge is -2.48. The van der Waals surface area contributed by atoms with Crippen molar-refractivity contribution in [2.75, 3.05) is 7.11 Å². The van der Waals surface area contributed by atoms with Crippen molar-refractivity contribution in [2.45, 2.75) is 51.4 Å². The summed E-state index contributed by atoms with van der Waals surface area (Å²) in [6, 6.07) is 6.41. The van der Waals surface area contributed by atoms with Crippen molar-refractivity contribution in [2.24, 2.45) is 23.2 Å². The Morgan fingerprint density at radius 3 is 2.88 bits per heavy atom. The van der Waals surface area contributed by atoms with Crippen molar-refractivity contribution in [3.63, 3.8) is 0 Å². The number of carboxylic acid groups (broad SMARTS) is 1. The first-order chi connectivity index (χ1) is 11.9. The average Bonchev–Trinajstić information content (AvgIpc) is 2.85. The summed E-state index contributed by atoms with van der Waals surface area (Å²) < 4.78 is 5.37. The molecule has 0 spiro atoms. The van der Waals surface area contributed by atoms with E-state index in [4.69, 9.17) is 9.84 Å². The van der Waals surface area contributed by atoms with E-state index in [1.807, 2.05) is 6.07 Å². The van der Waals surface area contributed by atoms with Crippen LogP contribution in [0.2, 0.25) is 0 Å². The smallest absolute Gasteiger partial charge is 0.304 e. The van der Waals surface area contributed by atoms with Gasteiger partial charge in [0, 0.05) is 11.3 Å². The molecule has 0 saturated heterocycles. The van der Waals surface area contributed by atoms with Gasteiger partial charge in [-0.2, -0.15) is 0 Å². The van der Waals surface area contributed by atoms with Crippen molar-refractivity contribution in [1.82, 2.24) is 0 Å². The fourth-order valence-electron chi connectivity index (χ4n) is 6.01. The van der Waals surface area contributed by atoms with Crippen LogP contribution in [0.1, 0.15) is 56.1 Å². The number of hydrogen-bond donors (Lipinski definition) is 1. The van der Waals surface area contributed by atoms with E-state index in [1.54, 1.807) is 7.11 Å². The van der Waals surface area contributed by atoms with Crippen molar-refractivity contribution in [1.29, 1.82) is 0 Å². The van der Waals surface area contributed by atoms with E-state index >= 15 is 0 Å². The number of Topliss-reactive ketones (excluding diaryl/α,β-unsaturated/α-hetero) is 1. The van der Waals surface area contributed by atoms with Gasteiger partial charge >= 0.3 is 5.97 Å². The summed E-state index contributed by atoms with van der Waals surface area (Å²) in [5.74, 6) is 1.32. The predicted molar refractivity (Wildman–Crippen MR) is 93.7 cm³/mol. The monoisotopic (exact) mass is 342 g/mol. The van der Waals surface area contributed by atoms with Crippen LogP contribution in [0.3, 0.4) is 0 Å². The van der Waals surface area contributed by atoms with Gasteiger partial charge in [-0.3, -0.25) is 9.59 Å². The number of aliphatic carboxylic acids is 1. The molecule has 3 aliphatic rings. The molecule has 2 fully saturated rings. The Morgan fingerprint density at radius 1 is 1.36 bits per heavy atom. The second kappa shape index (κ2) is 5.86. The number of rotatable bonds is 3. The second-order valence-corrected chi connectivity index (χ2v) is 8.33. The number of ether oxygens (including phenoxy) is 1. The third-order valence-electron chi connectivity index (χ3n) is 7.22. The van der Waals surface area contributed by atoms with E-state index in [9.17, 15) is 9.59 Å². The Morgan fingerprint density at radius 2 is 2.16 bits per heavy atom. The summed E-state index contributed by atoms with van der Waals surface area (Å²) in [4.78, 5) is 24.1. The fourth-order valence-corrected chi connectivity index (χ4v) is 6.01. The van der Waals surface area contributed by atoms with Gasteiger partial charge in [0.05, 0.1) is 13.5 Å². The summed E-state index contributed by atoms with van der Waals surface area (Å²) in [5.41, 5.74) is 2.49. The molecule has 4 rings (SSSR count). The molecule has 0 aliphatic heterocycles. The van der Waals surface area contributed by atoms with Crippen LogP contribution in [0.4, 0.5) is 0 Å². The molecule has 1 aromatic carbocycles. The van der Waals surface area contributed by atoms with Crippen molar-refractivity contribution < 1.29 is 19.4 Å². The van der Waals surface area contributed by atoms with Crippen LogP contribution in [-0.2, 0) is 16.0 Å². The molecule has 0 amide bonds. The Labute approximate surface area is 148 Å². The maximum atomic E-state index is 12.9. The average molecular weight is 342 g/mol. The van der Waals surface area contributed by atoms with E-state index in [1.165, 1.54) is 11.1 Å². The van der Waals surface area contributed by atoms with Gasteiger partial charge in [-0.25, -0.2) is 0 Å². The number of carbonyl (C=O) groups excluding carboxylic acids is 1. The number of ketones is 1. The van der Waals surface area contributed by atoms with Gasteiger partial charge in [-0.15, -0.1) is 0 Å². The van der Waals surface area contributed by atoms with Gasteiger partial charge in [0.2, 0.25) is 0 Å². The lowest BCUT2D eigenvalue weighted by molar-refractivity contribution is -0.141. The number of hydrogen-bond acceptors (Lipinski definition) is 3. The molecule has 0 aromatic heterocycles. The quantitative estimate of drug-likeness (QED) is 0.907. The van der Waals surface area contributed by atoms with E-state index in [2.05, 4.69) is 19.1 Å². The largest absolute Gasteiger partial charge is 0.497 e. The molecular formula is C21H26O4. The van der Waals surface area contributed by atoms with Gasteiger partial charge in [0.25, 0.3) is 0 Å². The summed E-state index contributed by atoms with van der Waals surface area (Å²) in [6.07, 6.45) is 4.79. The normalized spacial score (nSPS) is 36.3. The van der Waals surface area contributed by atoms with Crippen LogP contribution in [0, 0.1) is 23.2 Å². The first-order valence-electron chi connectivity index (χ1n) is 9.37. The van der Waals surface area contributed by atoms with Gasteiger partial charge < -0.3 is 9.84 Å². The molecule has 4 nitrogen and oxygen atoms in total. The number of fused-ring (bicyclic) bond motifs is 5. The summed E-state index contributed by atoms with van der Waals surface area (Å²) in [6.45, 7) is 2.10. The van der Waals surface area contributed by atoms with Gasteiger partial charge in [-0.05, 0) is 73.1 Å². The number of carboxylic acids is 1. The van der Waals surface area contributed by atoms with Gasteiger partial charge in [0.15, 0.2) is 0 Å². The number of methoxy groups -OCH3 is 1. The summed E-state index contributed by atoms with van der Waals surface area (Å²) >= 11 is 0. The molecule has 5 atom stereocenters. The Hall–Kier alpha value is -1.84. The third-order valence-corrected chi connectivity index (χ3v) is 7.22. The minimum atomic E-state index is -0.849. The number of benzene rings is 1. The van der Waals surface area contributed by atoms with Crippen LogP contribution in [0.5, 0.6) is 5.75 Å². The van der Waals surface area contributed by atoms with E-state index in [0.29, 0.717) is 17.8 Å². The summed E-state index contributed by atoms with van der Waals surface area (Å²) in [5, 5.41) is 9.16. The molecule has 0 bridgehead atoms. The second-order valence-electron chi connectivity index (χ2n) is 8.33. The zero-order valence-corrected chi connectivity index (χ0v) is 15.0. The van der Waals surface area contributed by atoms with Crippen molar-refractivity contribution in [3.8, 4) is 5.75 Å². The molecule has 1 N–H and O–H groups in total. The van der Waals surface area contributed by atoms with Crippen LogP contribution in [0.25, 0.3) is 0 Å². The topological polar surface area (TPSA) is 63.6 Å². The van der Waals surface area contributed by atoms with Crippen LogP contribution in [0.15, 0.2) is 18.2 Å². The Bertz CT molecular complexity index is 725. The molecule has 4 heteroatoms. The predicted octanol–water partition coefficient (Wildman–Crippen LogP) is 3.82.